The van der Waals surface area contributed by atoms with E-state index < -0.39 is 17.4 Å². The predicted octanol–water partition coefficient (Wildman–Crippen LogP) is 3.21. The summed E-state index contributed by atoms with van der Waals surface area (Å²) in [6.45, 7) is 4.30. The van der Waals surface area contributed by atoms with Crippen molar-refractivity contribution in [1.29, 1.82) is 0 Å². The fourth-order valence-electron chi connectivity index (χ4n) is 3.33. The van der Waals surface area contributed by atoms with Crippen LogP contribution in [0.4, 0.5) is 4.39 Å². The number of thiazole rings is 1. The Bertz CT molecular complexity index is 844. The van der Waals surface area contributed by atoms with Crippen LogP contribution in [-0.2, 0) is 14.9 Å². The highest BCUT2D eigenvalue weighted by atomic mass is 32.1. The molecule has 1 atom stereocenters. The maximum Gasteiger partial charge on any atom is 0.347 e. The summed E-state index contributed by atoms with van der Waals surface area (Å²) in [5.41, 5.74) is 0.378. The summed E-state index contributed by atoms with van der Waals surface area (Å²) in [7, 11) is 0. The van der Waals surface area contributed by atoms with E-state index in [0.29, 0.717) is 36.8 Å². The molecule has 1 aromatic carbocycles. The first-order valence-electron chi connectivity index (χ1n) is 8.69. The molecule has 2 heterocycles. The number of ether oxygens (including phenoxy) is 1. The van der Waals surface area contributed by atoms with E-state index in [1.807, 2.05) is 0 Å². The fourth-order valence-corrected chi connectivity index (χ4v) is 4.24. The Labute approximate surface area is 160 Å². The van der Waals surface area contributed by atoms with Crippen LogP contribution in [-0.4, -0.2) is 35.2 Å². The minimum atomic E-state index is -1.03. The smallest absolute Gasteiger partial charge is 0.347 e. The zero-order valence-corrected chi connectivity index (χ0v) is 15.9. The van der Waals surface area contributed by atoms with Crippen LogP contribution in [0.5, 0.6) is 0 Å². The number of aromatic carboxylic acids is 1. The molecule has 27 heavy (non-hydrogen) atoms. The van der Waals surface area contributed by atoms with E-state index in [-0.39, 0.29) is 16.6 Å². The number of carboxylic acid groups (broad SMARTS) is 1. The Hall–Kier alpha value is -2.32. The van der Waals surface area contributed by atoms with Gasteiger partial charge in [-0.2, -0.15) is 0 Å². The van der Waals surface area contributed by atoms with Crippen LogP contribution < -0.4 is 5.32 Å². The molecule has 6 nitrogen and oxygen atoms in total. The lowest BCUT2D eigenvalue weighted by atomic mass is 9.73. The van der Waals surface area contributed by atoms with Crippen LogP contribution in [0.3, 0.4) is 0 Å². The Morgan fingerprint density at radius 1 is 1.30 bits per heavy atom. The number of aryl methyl sites for hydroxylation is 1. The maximum absolute atomic E-state index is 13.3. The number of halogens is 1. The number of amides is 1. The van der Waals surface area contributed by atoms with Gasteiger partial charge in [-0.15, -0.1) is 11.3 Å². The molecule has 0 aliphatic carbocycles. The van der Waals surface area contributed by atoms with Crippen LogP contribution in [0.25, 0.3) is 0 Å². The van der Waals surface area contributed by atoms with Crippen LogP contribution in [0.2, 0.25) is 0 Å². The summed E-state index contributed by atoms with van der Waals surface area (Å²) in [4.78, 5) is 28.9. The first kappa shape index (κ1) is 19.4. The van der Waals surface area contributed by atoms with Crippen molar-refractivity contribution in [2.75, 3.05) is 13.2 Å². The number of rotatable bonds is 5. The third-order valence-electron chi connectivity index (χ3n) is 4.90. The second kappa shape index (κ2) is 7.74. The molecule has 0 bridgehead atoms. The minimum Gasteiger partial charge on any atom is -0.477 e. The number of carbonyl (C=O) groups excluding carboxylic acids is 1. The van der Waals surface area contributed by atoms with Crippen LogP contribution in [0.1, 0.15) is 51.7 Å². The first-order chi connectivity index (χ1) is 12.8. The predicted molar refractivity (Wildman–Crippen MR) is 98.5 cm³/mol. The van der Waals surface area contributed by atoms with Crippen molar-refractivity contribution in [3.05, 3.63) is 51.2 Å². The van der Waals surface area contributed by atoms with Crippen molar-refractivity contribution in [3.8, 4) is 0 Å². The zero-order valence-electron chi connectivity index (χ0n) is 15.1. The fraction of sp³-hybridized carbons (Fsp3) is 0.421. The molecular formula is C19H21FN2O4S. The number of hydrogen-bond donors (Lipinski definition) is 2. The van der Waals surface area contributed by atoms with Crippen molar-refractivity contribution in [3.63, 3.8) is 0 Å². The van der Waals surface area contributed by atoms with Gasteiger partial charge < -0.3 is 15.2 Å². The van der Waals surface area contributed by atoms with Gasteiger partial charge in [-0.05, 0) is 44.4 Å². The van der Waals surface area contributed by atoms with Gasteiger partial charge >= 0.3 is 5.97 Å². The van der Waals surface area contributed by atoms with Gasteiger partial charge in [0.05, 0.1) is 17.2 Å². The minimum absolute atomic E-state index is 0.172. The number of carboxylic acids is 1. The van der Waals surface area contributed by atoms with E-state index in [1.54, 1.807) is 26.0 Å². The molecule has 1 aliphatic rings. The second-order valence-corrected chi connectivity index (χ2v) is 7.70. The van der Waals surface area contributed by atoms with Crippen LogP contribution in [0.15, 0.2) is 24.3 Å². The zero-order chi connectivity index (χ0) is 19.6. The van der Waals surface area contributed by atoms with Gasteiger partial charge in [0.25, 0.3) is 0 Å². The summed E-state index contributed by atoms with van der Waals surface area (Å²) in [5.74, 6) is -1.56. The molecule has 1 unspecified atom stereocenters. The van der Waals surface area contributed by atoms with Crippen molar-refractivity contribution in [2.45, 2.75) is 38.1 Å². The normalized spacial score (nSPS) is 17.3. The largest absolute Gasteiger partial charge is 0.477 e. The van der Waals surface area contributed by atoms with Gasteiger partial charge in [0, 0.05) is 13.2 Å². The molecule has 0 spiro atoms. The van der Waals surface area contributed by atoms with E-state index in [9.17, 15) is 19.1 Å². The summed E-state index contributed by atoms with van der Waals surface area (Å²) in [6, 6.07) is 5.55. The lowest BCUT2D eigenvalue weighted by molar-refractivity contribution is -0.131. The van der Waals surface area contributed by atoms with Gasteiger partial charge in [-0.3, -0.25) is 4.79 Å². The van der Waals surface area contributed by atoms with Gasteiger partial charge in [-0.25, -0.2) is 14.2 Å². The Morgan fingerprint density at radius 2 is 1.93 bits per heavy atom. The first-order valence-corrected chi connectivity index (χ1v) is 9.50. The number of nitrogens with one attached hydrogen (secondary N) is 1. The van der Waals surface area contributed by atoms with E-state index >= 15 is 0 Å². The summed E-state index contributed by atoms with van der Waals surface area (Å²) in [5, 5.41) is 12.7. The molecular weight excluding hydrogens is 371 g/mol. The molecule has 2 N–H and O–H groups in total. The highest BCUT2D eigenvalue weighted by Gasteiger charge is 2.42. The van der Waals surface area contributed by atoms with E-state index in [4.69, 9.17) is 4.74 Å². The van der Waals surface area contributed by atoms with Crippen molar-refractivity contribution < 1.29 is 23.8 Å². The standard InChI is InChI=1S/C19H21FN2O4S/c1-11-15(17(23)24)27-16(21-11)12(2)22-18(25)19(7-9-26-10-8-19)13-3-5-14(20)6-4-13/h3-6,12H,7-10H2,1-2H3,(H,22,25)(H,23,24). The number of carbonyl (C=O) groups is 2. The molecule has 3 rings (SSSR count). The topological polar surface area (TPSA) is 88.5 Å². The highest BCUT2D eigenvalue weighted by molar-refractivity contribution is 7.13. The quantitative estimate of drug-likeness (QED) is 0.816. The number of aromatic nitrogens is 1. The van der Waals surface area contributed by atoms with Crippen molar-refractivity contribution in [1.82, 2.24) is 10.3 Å². The average Bonchev–Trinajstić information content (AvgIpc) is 3.05. The third kappa shape index (κ3) is 3.86. The highest BCUT2D eigenvalue weighted by Crippen LogP contribution is 2.36. The Balaban J connectivity index is 1.85. The molecule has 8 heteroatoms. The molecule has 1 saturated heterocycles. The van der Waals surface area contributed by atoms with Crippen LogP contribution >= 0.6 is 11.3 Å². The van der Waals surface area contributed by atoms with Crippen LogP contribution in [0, 0.1) is 12.7 Å². The second-order valence-electron chi connectivity index (χ2n) is 6.67. The average molecular weight is 392 g/mol. The van der Waals surface area contributed by atoms with E-state index in [2.05, 4.69) is 10.3 Å². The van der Waals surface area contributed by atoms with Crippen molar-refractivity contribution >= 4 is 23.2 Å². The lowest BCUT2D eigenvalue weighted by Crippen LogP contribution is -2.48. The SMILES string of the molecule is Cc1nc(C(C)NC(=O)C2(c3ccc(F)cc3)CCOCC2)sc1C(=O)O. The molecule has 1 aliphatic heterocycles. The molecule has 1 amide bonds. The van der Waals surface area contributed by atoms with E-state index in [1.165, 1.54) is 12.1 Å². The molecule has 0 saturated carbocycles. The van der Waals surface area contributed by atoms with Crippen molar-refractivity contribution in [2.24, 2.45) is 0 Å². The summed E-state index contributed by atoms with van der Waals surface area (Å²) < 4.78 is 18.8. The van der Waals surface area contributed by atoms with Gasteiger partial charge in [-0.1, -0.05) is 12.1 Å². The Kier molecular flexibility index (Phi) is 5.57. The summed E-state index contributed by atoms with van der Waals surface area (Å²) in [6.07, 6.45) is 0.989. The van der Waals surface area contributed by atoms with E-state index in [0.717, 1.165) is 16.9 Å². The van der Waals surface area contributed by atoms with Gasteiger partial charge in [0.15, 0.2) is 0 Å². The lowest BCUT2D eigenvalue weighted by Gasteiger charge is -2.37. The molecule has 1 aromatic heterocycles. The third-order valence-corrected chi connectivity index (χ3v) is 6.23. The molecule has 144 valence electrons. The number of benzene rings is 1. The number of hydrogen-bond acceptors (Lipinski definition) is 5. The number of nitrogens with zero attached hydrogens (tertiary/aromatic N) is 1. The molecule has 1 fully saturated rings. The molecule has 2 aromatic rings. The molecule has 0 radical (unpaired) electrons. The van der Waals surface area contributed by atoms with Gasteiger partial charge in [0.2, 0.25) is 5.91 Å². The monoisotopic (exact) mass is 392 g/mol. The van der Waals surface area contributed by atoms with Gasteiger partial charge in [0.1, 0.15) is 15.7 Å². The Morgan fingerprint density at radius 3 is 2.48 bits per heavy atom. The summed E-state index contributed by atoms with van der Waals surface area (Å²) >= 11 is 1.06. The maximum atomic E-state index is 13.3.